The molecule has 0 bridgehead atoms. The molecule has 0 fully saturated rings. The van der Waals surface area contributed by atoms with Crippen LogP contribution in [0.4, 0.5) is 0 Å². The van der Waals surface area contributed by atoms with E-state index in [-0.39, 0.29) is 18.1 Å². The Morgan fingerprint density at radius 2 is 1.81 bits per heavy atom. The number of esters is 1. The number of rotatable bonds is 8. The van der Waals surface area contributed by atoms with E-state index in [9.17, 15) is 9.59 Å². The Balaban J connectivity index is 1.74. The van der Waals surface area contributed by atoms with E-state index < -0.39 is 0 Å². The third kappa shape index (κ3) is 4.04. The van der Waals surface area contributed by atoms with Gasteiger partial charge in [-0.05, 0) is 29.1 Å². The van der Waals surface area contributed by atoms with E-state index in [1.165, 1.54) is 23.0 Å². The van der Waals surface area contributed by atoms with E-state index in [0.29, 0.717) is 40.9 Å². The highest BCUT2D eigenvalue weighted by Crippen LogP contribution is 2.24. The van der Waals surface area contributed by atoms with E-state index in [0.717, 1.165) is 11.1 Å². The fourth-order valence-corrected chi connectivity index (χ4v) is 4.44. The van der Waals surface area contributed by atoms with Gasteiger partial charge in [0, 0.05) is 19.7 Å². The molecule has 32 heavy (non-hydrogen) atoms. The molecule has 1 aromatic carbocycles. The standard InChI is InChI=1S/C21H23N5O5S/c1-24-20(28)19-16(5-6-32-19)26-17(22-23-21(24)26)11-25(12-18(27)31-4)10-13-7-14(29-2)9-15(8-13)30-3/h5-9H,10-12H2,1-4H3. The van der Waals surface area contributed by atoms with Crippen molar-refractivity contribution in [3.8, 4) is 11.5 Å². The molecule has 0 amide bonds. The van der Waals surface area contributed by atoms with E-state index in [1.54, 1.807) is 27.3 Å². The number of carbonyl (C=O) groups is 1. The smallest absolute Gasteiger partial charge is 0.319 e. The minimum atomic E-state index is -0.373. The minimum Gasteiger partial charge on any atom is -0.497 e. The Morgan fingerprint density at radius 3 is 2.47 bits per heavy atom. The summed E-state index contributed by atoms with van der Waals surface area (Å²) in [5, 5.41) is 10.4. The van der Waals surface area contributed by atoms with Crippen molar-refractivity contribution in [1.29, 1.82) is 0 Å². The number of fused-ring (bicyclic) bond motifs is 3. The predicted octanol–water partition coefficient (Wildman–Crippen LogP) is 1.84. The molecule has 0 aliphatic rings. The van der Waals surface area contributed by atoms with Gasteiger partial charge in [-0.15, -0.1) is 21.5 Å². The van der Waals surface area contributed by atoms with Crippen molar-refractivity contribution < 1.29 is 19.0 Å². The zero-order valence-electron chi connectivity index (χ0n) is 18.2. The van der Waals surface area contributed by atoms with E-state index in [4.69, 9.17) is 14.2 Å². The number of benzene rings is 1. The summed E-state index contributed by atoms with van der Waals surface area (Å²) in [4.78, 5) is 26.6. The normalized spacial score (nSPS) is 11.4. The van der Waals surface area contributed by atoms with Crippen LogP contribution in [-0.4, -0.2) is 57.9 Å². The summed E-state index contributed by atoms with van der Waals surface area (Å²) >= 11 is 1.37. The lowest BCUT2D eigenvalue weighted by atomic mass is 10.2. The quantitative estimate of drug-likeness (QED) is 0.370. The van der Waals surface area contributed by atoms with Crippen LogP contribution in [0.2, 0.25) is 0 Å². The summed E-state index contributed by atoms with van der Waals surface area (Å²) < 4.78 is 19.6. The zero-order valence-corrected chi connectivity index (χ0v) is 19.0. The maximum Gasteiger partial charge on any atom is 0.319 e. The van der Waals surface area contributed by atoms with Crippen molar-refractivity contribution in [3.05, 3.63) is 51.4 Å². The van der Waals surface area contributed by atoms with Crippen molar-refractivity contribution in [1.82, 2.24) is 24.1 Å². The first-order chi connectivity index (χ1) is 15.4. The van der Waals surface area contributed by atoms with Crippen LogP contribution in [0.5, 0.6) is 11.5 Å². The van der Waals surface area contributed by atoms with Gasteiger partial charge in [-0.1, -0.05) is 0 Å². The summed E-state index contributed by atoms with van der Waals surface area (Å²) in [6.07, 6.45) is 0. The number of hydrogen-bond donors (Lipinski definition) is 0. The first-order valence-electron chi connectivity index (χ1n) is 9.76. The van der Waals surface area contributed by atoms with Crippen LogP contribution in [0.15, 0.2) is 34.4 Å². The molecule has 0 atom stereocenters. The number of ether oxygens (including phenoxy) is 3. The summed E-state index contributed by atoms with van der Waals surface area (Å²) in [5.74, 6) is 1.98. The molecular formula is C21H23N5O5S. The van der Waals surface area contributed by atoms with Gasteiger partial charge >= 0.3 is 5.97 Å². The maximum atomic E-state index is 12.6. The number of nitrogens with zero attached hydrogens (tertiary/aromatic N) is 5. The largest absolute Gasteiger partial charge is 0.497 e. The van der Waals surface area contributed by atoms with Crippen LogP contribution >= 0.6 is 11.3 Å². The van der Waals surface area contributed by atoms with Crippen molar-refractivity contribution in [2.24, 2.45) is 7.05 Å². The molecule has 0 unspecified atom stereocenters. The lowest BCUT2D eigenvalue weighted by Crippen LogP contribution is -2.31. The first kappa shape index (κ1) is 21.8. The minimum absolute atomic E-state index is 0.0451. The van der Waals surface area contributed by atoms with Crippen LogP contribution < -0.4 is 15.0 Å². The highest BCUT2D eigenvalue weighted by Gasteiger charge is 2.20. The summed E-state index contributed by atoms with van der Waals surface area (Å²) in [5.41, 5.74) is 1.53. The van der Waals surface area contributed by atoms with E-state index >= 15 is 0 Å². The Hall–Kier alpha value is -3.44. The van der Waals surface area contributed by atoms with Crippen LogP contribution in [0.25, 0.3) is 16.0 Å². The van der Waals surface area contributed by atoms with Crippen LogP contribution in [0, 0.1) is 0 Å². The van der Waals surface area contributed by atoms with E-state index in [2.05, 4.69) is 10.2 Å². The Bertz CT molecular complexity index is 1320. The van der Waals surface area contributed by atoms with Gasteiger partial charge in [0.25, 0.3) is 5.56 Å². The van der Waals surface area contributed by atoms with Crippen molar-refractivity contribution in [3.63, 3.8) is 0 Å². The van der Waals surface area contributed by atoms with E-state index in [1.807, 2.05) is 32.9 Å². The van der Waals surface area contributed by atoms with Crippen LogP contribution in [0.1, 0.15) is 11.4 Å². The molecule has 0 N–H and O–H groups in total. The third-order valence-electron chi connectivity index (χ3n) is 5.16. The second-order valence-electron chi connectivity index (χ2n) is 7.19. The molecule has 0 aliphatic heterocycles. The van der Waals surface area contributed by atoms with Crippen molar-refractivity contribution in [2.45, 2.75) is 13.1 Å². The fourth-order valence-electron chi connectivity index (χ4n) is 3.59. The molecule has 0 aliphatic carbocycles. The van der Waals surface area contributed by atoms with Gasteiger partial charge < -0.3 is 14.2 Å². The topological polar surface area (TPSA) is 100 Å². The number of thiophene rings is 1. The molecule has 168 valence electrons. The summed E-state index contributed by atoms with van der Waals surface area (Å²) in [6.45, 7) is 0.762. The monoisotopic (exact) mass is 457 g/mol. The molecule has 0 spiro atoms. The van der Waals surface area contributed by atoms with Crippen molar-refractivity contribution >= 4 is 33.3 Å². The summed E-state index contributed by atoms with van der Waals surface area (Å²) in [6, 6.07) is 7.43. The highest BCUT2D eigenvalue weighted by molar-refractivity contribution is 7.17. The molecule has 0 saturated heterocycles. The molecule has 10 nitrogen and oxygen atoms in total. The van der Waals surface area contributed by atoms with Gasteiger partial charge in [0.05, 0.1) is 39.9 Å². The number of hydrogen-bond acceptors (Lipinski definition) is 9. The molecular weight excluding hydrogens is 434 g/mol. The molecule has 3 aromatic heterocycles. The lowest BCUT2D eigenvalue weighted by molar-refractivity contribution is -0.142. The molecule has 0 saturated carbocycles. The second-order valence-corrected chi connectivity index (χ2v) is 8.11. The maximum absolute atomic E-state index is 12.6. The molecule has 0 radical (unpaired) electrons. The fraction of sp³-hybridized carbons (Fsp3) is 0.333. The zero-order chi connectivity index (χ0) is 22.8. The Kier molecular flexibility index (Phi) is 6.10. The highest BCUT2D eigenvalue weighted by atomic mass is 32.1. The second kappa shape index (κ2) is 8.97. The predicted molar refractivity (Wildman–Crippen MR) is 119 cm³/mol. The number of aromatic nitrogens is 4. The van der Waals surface area contributed by atoms with Gasteiger partial charge in [0.2, 0.25) is 5.78 Å². The molecule has 11 heteroatoms. The van der Waals surface area contributed by atoms with Gasteiger partial charge in [-0.25, -0.2) is 0 Å². The SMILES string of the molecule is COC(=O)CN(Cc1cc(OC)cc(OC)c1)Cc1nnc2n(C)c(=O)c3sccc3n12. The molecule has 4 aromatic rings. The lowest BCUT2D eigenvalue weighted by Gasteiger charge is -2.21. The molecule has 3 heterocycles. The molecule has 4 rings (SSSR count). The average molecular weight is 458 g/mol. The van der Waals surface area contributed by atoms with Gasteiger partial charge in [-0.2, -0.15) is 0 Å². The first-order valence-corrected chi connectivity index (χ1v) is 10.6. The van der Waals surface area contributed by atoms with Gasteiger partial charge in [-0.3, -0.25) is 23.5 Å². The Morgan fingerprint density at radius 1 is 1.09 bits per heavy atom. The van der Waals surface area contributed by atoms with Crippen molar-refractivity contribution in [2.75, 3.05) is 27.9 Å². The number of carbonyl (C=O) groups excluding carboxylic acids is 1. The van der Waals surface area contributed by atoms with Crippen LogP contribution in [-0.2, 0) is 29.7 Å². The summed E-state index contributed by atoms with van der Waals surface area (Å²) in [7, 11) is 6.20. The number of methoxy groups -OCH3 is 3. The average Bonchev–Trinajstić information content (AvgIpc) is 3.44. The van der Waals surface area contributed by atoms with Crippen LogP contribution in [0.3, 0.4) is 0 Å². The van der Waals surface area contributed by atoms with Gasteiger partial charge in [0.1, 0.15) is 16.2 Å². The van der Waals surface area contributed by atoms with Gasteiger partial charge in [0.15, 0.2) is 5.82 Å². The number of aryl methyl sites for hydroxylation is 1. The third-order valence-corrected chi connectivity index (χ3v) is 6.05. The Labute approximate surface area is 187 Å².